The van der Waals surface area contributed by atoms with Crippen molar-refractivity contribution in [2.45, 2.75) is 20.3 Å². The molecule has 0 aliphatic rings. The van der Waals surface area contributed by atoms with Gasteiger partial charge in [-0.1, -0.05) is 5.92 Å². The standard InChI is InChI=1S/C12H13NO2/c1-4-5-12(15)13-10-6-9(3)11(14)7-8(10)2/h1,6-7,14H,5H2,2-3H3,(H,13,15). The van der Waals surface area contributed by atoms with E-state index in [1.165, 1.54) is 0 Å². The Labute approximate surface area is 89.1 Å². The number of benzene rings is 1. The zero-order chi connectivity index (χ0) is 11.4. The third kappa shape index (κ3) is 2.75. The van der Waals surface area contributed by atoms with Gasteiger partial charge in [0.05, 0.1) is 6.42 Å². The number of phenols is 1. The molecular weight excluding hydrogens is 190 g/mol. The van der Waals surface area contributed by atoms with E-state index in [2.05, 4.69) is 11.2 Å². The maximum absolute atomic E-state index is 11.2. The van der Waals surface area contributed by atoms with E-state index in [1.807, 2.05) is 6.92 Å². The second-order valence-electron chi connectivity index (χ2n) is 3.38. The zero-order valence-electron chi connectivity index (χ0n) is 8.79. The van der Waals surface area contributed by atoms with Gasteiger partial charge in [-0.25, -0.2) is 0 Å². The summed E-state index contributed by atoms with van der Waals surface area (Å²) in [6.07, 6.45) is 5.08. The van der Waals surface area contributed by atoms with Gasteiger partial charge < -0.3 is 10.4 Å². The fourth-order valence-corrected chi connectivity index (χ4v) is 1.22. The molecule has 0 unspecified atom stereocenters. The van der Waals surface area contributed by atoms with Crippen molar-refractivity contribution in [1.29, 1.82) is 0 Å². The quantitative estimate of drug-likeness (QED) is 0.570. The fourth-order valence-electron chi connectivity index (χ4n) is 1.22. The van der Waals surface area contributed by atoms with Crippen LogP contribution in [0.2, 0.25) is 0 Å². The van der Waals surface area contributed by atoms with Crippen LogP contribution in [0.1, 0.15) is 17.5 Å². The largest absolute Gasteiger partial charge is 0.508 e. The minimum absolute atomic E-state index is 0.0549. The van der Waals surface area contributed by atoms with Crippen LogP contribution in [0.3, 0.4) is 0 Å². The number of aryl methyl sites for hydroxylation is 2. The summed E-state index contributed by atoms with van der Waals surface area (Å²) in [5.74, 6) is 2.28. The van der Waals surface area contributed by atoms with E-state index in [4.69, 9.17) is 6.42 Å². The topological polar surface area (TPSA) is 49.3 Å². The fraction of sp³-hybridized carbons (Fsp3) is 0.250. The highest BCUT2D eigenvalue weighted by molar-refractivity contribution is 5.93. The maximum Gasteiger partial charge on any atom is 0.236 e. The lowest BCUT2D eigenvalue weighted by atomic mass is 10.1. The minimum atomic E-state index is -0.217. The van der Waals surface area contributed by atoms with Crippen molar-refractivity contribution in [1.82, 2.24) is 0 Å². The zero-order valence-corrected chi connectivity index (χ0v) is 8.79. The Morgan fingerprint density at radius 3 is 2.73 bits per heavy atom. The van der Waals surface area contributed by atoms with Crippen LogP contribution < -0.4 is 5.32 Å². The van der Waals surface area contributed by atoms with Crippen LogP contribution >= 0.6 is 0 Å². The Morgan fingerprint density at radius 1 is 1.47 bits per heavy atom. The normalized spacial score (nSPS) is 9.40. The Bertz CT molecular complexity index is 430. The molecule has 0 bridgehead atoms. The molecule has 0 saturated carbocycles. The van der Waals surface area contributed by atoms with Crippen molar-refractivity contribution < 1.29 is 9.90 Å². The summed E-state index contributed by atoms with van der Waals surface area (Å²) < 4.78 is 0. The molecule has 1 aromatic rings. The van der Waals surface area contributed by atoms with Crippen LogP contribution in [0.15, 0.2) is 12.1 Å². The number of terminal acetylenes is 1. The summed E-state index contributed by atoms with van der Waals surface area (Å²) in [4.78, 5) is 11.2. The first-order chi connectivity index (χ1) is 7.04. The molecule has 0 atom stereocenters. The molecular formula is C12H13NO2. The second-order valence-corrected chi connectivity index (χ2v) is 3.38. The van der Waals surface area contributed by atoms with E-state index >= 15 is 0 Å². The molecule has 0 spiro atoms. The molecule has 0 saturated heterocycles. The predicted octanol–water partition coefficient (Wildman–Crippen LogP) is 1.97. The van der Waals surface area contributed by atoms with E-state index in [0.29, 0.717) is 5.69 Å². The number of anilines is 1. The highest BCUT2D eigenvalue weighted by Gasteiger charge is 2.06. The number of carbonyl (C=O) groups excluding carboxylic acids is 1. The molecule has 15 heavy (non-hydrogen) atoms. The lowest BCUT2D eigenvalue weighted by molar-refractivity contribution is -0.115. The average Bonchev–Trinajstić information content (AvgIpc) is 2.14. The van der Waals surface area contributed by atoms with Crippen LogP contribution in [0.4, 0.5) is 5.69 Å². The molecule has 1 amide bonds. The van der Waals surface area contributed by atoms with Gasteiger partial charge in [0.15, 0.2) is 0 Å². The molecule has 0 aliphatic heterocycles. The summed E-state index contributed by atoms with van der Waals surface area (Å²) >= 11 is 0. The number of hydrogen-bond donors (Lipinski definition) is 2. The van der Waals surface area contributed by atoms with E-state index in [-0.39, 0.29) is 18.1 Å². The van der Waals surface area contributed by atoms with Crippen molar-refractivity contribution in [3.8, 4) is 18.1 Å². The number of nitrogens with one attached hydrogen (secondary N) is 1. The lowest BCUT2D eigenvalue weighted by Gasteiger charge is -2.09. The third-order valence-electron chi connectivity index (χ3n) is 2.08. The SMILES string of the molecule is C#CCC(=O)Nc1cc(C)c(O)cc1C. The van der Waals surface area contributed by atoms with Crippen molar-refractivity contribution >= 4 is 11.6 Å². The highest BCUT2D eigenvalue weighted by Crippen LogP contribution is 2.24. The Balaban J connectivity index is 2.92. The summed E-state index contributed by atoms with van der Waals surface area (Å²) in [7, 11) is 0. The van der Waals surface area contributed by atoms with Gasteiger partial charge in [0.25, 0.3) is 0 Å². The molecule has 0 aliphatic carbocycles. The first-order valence-electron chi connectivity index (χ1n) is 4.58. The van der Waals surface area contributed by atoms with E-state index in [1.54, 1.807) is 19.1 Å². The van der Waals surface area contributed by atoms with E-state index in [9.17, 15) is 9.90 Å². The van der Waals surface area contributed by atoms with Gasteiger partial charge in [0.2, 0.25) is 5.91 Å². The monoisotopic (exact) mass is 203 g/mol. The minimum Gasteiger partial charge on any atom is -0.508 e. The van der Waals surface area contributed by atoms with Crippen LogP contribution in [-0.4, -0.2) is 11.0 Å². The van der Waals surface area contributed by atoms with Crippen molar-refractivity contribution in [3.05, 3.63) is 23.3 Å². The first kappa shape index (κ1) is 11.1. The predicted molar refractivity (Wildman–Crippen MR) is 59.7 cm³/mol. The molecule has 3 nitrogen and oxygen atoms in total. The molecule has 3 heteroatoms. The van der Waals surface area contributed by atoms with Crippen molar-refractivity contribution in [2.24, 2.45) is 0 Å². The smallest absolute Gasteiger partial charge is 0.236 e. The molecule has 0 heterocycles. The third-order valence-corrected chi connectivity index (χ3v) is 2.08. The Morgan fingerprint density at radius 2 is 2.13 bits per heavy atom. The number of rotatable bonds is 2. The van der Waals surface area contributed by atoms with Crippen LogP contribution in [0.25, 0.3) is 0 Å². The Hall–Kier alpha value is -1.95. The van der Waals surface area contributed by atoms with Crippen LogP contribution in [0, 0.1) is 26.2 Å². The second kappa shape index (κ2) is 4.52. The van der Waals surface area contributed by atoms with Crippen molar-refractivity contribution in [3.63, 3.8) is 0 Å². The molecule has 0 radical (unpaired) electrons. The van der Waals surface area contributed by atoms with Gasteiger partial charge in [0, 0.05) is 5.69 Å². The number of amides is 1. The molecule has 1 rings (SSSR count). The molecule has 1 aromatic carbocycles. The van der Waals surface area contributed by atoms with E-state index in [0.717, 1.165) is 11.1 Å². The number of phenolic OH excluding ortho intramolecular Hbond substituents is 1. The molecule has 0 fully saturated rings. The Kier molecular flexibility index (Phi) is 3.35. The van der Waals surface area contributed by atoms with Gasteiger partial charge in [-0.3, -0.25) is 4.79 Å². The highest BCUT2D eigenvalue weighted by atomic mass is 16.3. The van der Waals surface area contributed by atoms with E-state index < -0.39 is 0 Å². The van der Waals surface area contributed by atoms with Gasteiger partial charge in [-0.2, -0.15) is 0 Å². The summed E-state index contributed by atoms with van der Waals surface area (Å²) in [5, 5.41) is 12.1. The van der Waals surface area contributed by atoms with Crippen molar-refractivity contribution in [2.75, 3.05) is 5.32 Å². The number of hydrogen-bond acceptors (Lipinski definition) is 2. The molecule has 2 N–H and O–H groups in total. The van der Waals surface area contributed by atoms with Gasteiger partial charge in [-0.05, 0) is 37.1 Å². The summed E-state index contributed by atoms with van der Waals surface area (Å²) in [6.45, 7) is 3.58. The van der Waals surface area contributed by atoms with Gasteiger partial charge >= 0.3 is 0 Å². The lowest BCUT2D eigenvalue weighted by Crippen LogP contribution is -2.11. The average molecular weight is 203 g/mol. The van der Waals surface area contributed by atoms with Crippen LogP contribution in [-0.2, 0) is 4.79 Å². The molecule has 78 valence electrons. The summed E-state index contributed by atoms with van der Waals surface area (Å²) in [5.41, 5.74) is 2.21. The van der Waals surface area contributed by atoms with Crippen LogP contribution in [0.5, 0.6) is 5.75 Å². The maximum atomic E-state index is 11.2. The van der Waals surface area contributed by atoms with Gasteiger partial charge in [-0.15, -0.1) is 6.42 Å². The number of carbonyl (C=O) groups is 1. The first-order valence-corrected chi connectivity index (χ1v) is 4.58. The number of aromatic hydroxyl groups is 1. The van der Waals surface area contributed by atoms with Gasteiger partial charge in [0.1, 0.15) is 5.75 Å². The summed E-state index contributed by atoms with van der Waals surface area (Å²) in [6, 6.07) is 3.33. The molecule has 0 aromatic heterocycles.